The Hall–Kier alpha value is -2.67. The Kier molecular flexibility index (Phi) is 3.89. The second-order valence-electron chi connectivity index (χ2n) is 4.17. The zero-order valence-corrected chi connectivity index (χ0v) is 10.5. The molecule has 1 unspecified atom stereocenters. The molecule has 2 rings (SSSR count). The van der Waals surface area contributed by atoms with E-state index in [0.29, 0.717) is 11.1 Å². The molecule has 1 amide bonds. The van der Waals surface area contributed by atoms with Crippen LogP contribution in [-0.4, -0.2) is 10.9 Å². The number of rotatable bonds is 3. The highest BCUT2D eigenvalue weighted by Crippen LogP contribution is 2.11. The van der Waals surface area contributed by atoms with E-state index in [9.17, 15) is 4.79 Å². The Labute approximate surface area is 111 Å². The predicted molar refractivity (Wildman–Crippen MR) is 71.3 cm³/mol. The van der Waals surface area contributed by atoms with Gasteiger partial charge in [-0.25, -0.2) is 0 Å². The topological polar surface area (TPSA) is 65.8 Å². The van der Waals surface area contributed by atoms with Crippen molar-refractivity contribution in [3.63, 3.8) is 0 Å². The largest absolute Gasteiger partial charge is 0.345 e. The van der Waals surface area contributed by atoms with Gasteiger partial charge >= 0.3 is 0 Å². The van der Waals surface area contributed by atoms with E-state index >= 15 is 0 Å². The Bertz CT molecular complexity index is 600. The monoisotopic (exact) mass is 251 g/mol. The summed E-state index contributed by atoms with van der Waals surface area (Å²) in [4.78, 5) is 16.0. The second kappa shape index (κ2) is 5.78. The lowest BCUT2D eigenvalue weighted by molar-refractivity contribution is 0.0940. The van der Waals surface area contributed by atoms with Gasteiger partial charge in [-0.3, -0.25) is 9.78 Å². The van der Waals surface area contributed by atoms with Crippen LogP contribution < -0.4 is 5.32 Å². The number of hydrogen-bond donors (Lipinski definition) is 1. The van der Waals surface area contributed by atoms with Crippen LogP contribution in [0.4, 0.5) is 0 Å². The van der Waals surface area contributed by atoms with Crippen LogP contribution >= 0.6 is 0 Å². The SMILES string of the molecule is CC(NC(=O)c1ccc(C#N)cc1)c1cccnc1. The van der Waals surface area contributed by atoms with E-state index in [0.717, 1.165) is 5.56 Å². The predicted octanol–water partition coefficient (Wildman–Crippen LogP) is 2.44. The molecule has 2 aromatic rings. The molecule has 1 atom stereocenters. The number of benzene rings is 1. The van der Waals surface area contributed by atoms with Gasteiger partial charge in [-0.15, -0.1) is 0 Å². The van der Waals surface area contributed by atoms with Crippen LogP contribution in [0.1, 0.15) is 34.5 Å². The lowest BCUT2D eigenvalue weighted by Crippen LogP contribution is -2.26. The Balaban J connectivity index is 2.06. The van der Waals surface area contributed by atoms with E-state index in [1.165, 1.54) is 0 Å². The van der Waals surface area contributed by atoms with Crippen molar-refractivity contribution in [1.29, 1.82) is 5.26 Å². The number of nitriles is 1. The molecule has 0 bridgehead atoms. The average Bonchev–Trinajstić information content (AvgIpc) is 2.48. The maximum absolute atomic E-state index is 12.0. The second-order valence-corrected chi connectivity index (χ2v) is 4.17. The zero-order chi connectivity index (χ0) is 13.7. The number of carbonyl (C=O) groups is 1. The van der Waals surface area contributed by atoms with Crippen molar-refractivity contribution in [2.75, 3.05) is 0 Å². The first-order valence-corrected chi connectivity index (χ1v) is 5.91. The summed E-state index contributed by atoms with van der Waals surface area (Å²) in [6.45, 7) is 1.90. The number of aromatic nitrogens is 1. The van der Waals surface area contributed by atoms with Crippen LogP contribution in [0.15, 0.2) is 48.8 Å². The summed E-state index contributed by atoms with van der Waals surface area (Å²) in [5.74, 6) is -0.166. The normalized spacial score (nSPS) is 11.4. The van der Waals surface area contributed by atoms with Gasteiger partial charge in [-0.1, -0.05) is 6.07 Å². The van der Waals surface area contributed by atoms with Crippen molar-refractivity contribution < 1.29 is 4.79 Å². The molecule has 0 saturated heterocycles. The molecule has 0 aliphatic carbocycles. The van der Waals surface area contributed by atoms with Gasteiger partial charge in [0.1, 0.15) is 0 Å². The number of hydrogen-bond acceptors (Lipinski definition) is 3. The summed E-state index contributed by atoms with van der Waals surface area (Å²) in [6, 6.07) is 12.2. The molecule has 1 aromatic carbocycles. The highest BCUT2D eigenvalue weighted by Gasteiger charge is 2.11. The molecule has 0 saturated carbocycles. The van der Waals surface area contributed by atoms with Gasteiger partial charge in [0.2, 0.25) is 0 Å². The molecule has 4 heteroatoms. The maximum Gasteiger partial charge on any atom is 0.251 e. The van der Waals surface area contributed by atoms with Crippen LogP contribution in [0.5, 0.6) is 0 Å². The number of amides is 1. The van der Waals surface area contributed by atoms with Gasteiger partial charge in [0.15, 0.2) is 0 Å². The van der Waals surface area contributed by atoms with E-state index in [4.69, 9.17) is 5.26 Å². The van der Waals surface area contributed by atoms with Crippen molar-refractivity contribution >= 4 is 5.91 Å². The first-order chi connectivity index (χ1) is 9.20. The van der Waals surface area contributed by atoms with Gasteiger partial charge in [0, 0.05) is 18.0 Å². The molecule has 1 heterocycles. The van der Waals surface area contributed by atoms with E-state index in [1.54, 1.807) is 36.7 Å². The smallest absolute Gasteiger partial charge is 0.251 e. The minimum atomic E-state index is -0.166. The summed E-state index contributed by atoms with van der Waals surface area (Å²) in [5.41, 5.74) is 2.02. The standard InChI is InChI=1S/C15H13N3O/c1-11(14-3-2-8-17-10-14)18-15(19)13-6-4-12(9-16)5-7-13/h2-8,10-11H,1H3,(H,18,19). The van der Waals surface area contributed by atoms with Gasteiger partial charge in [-0.05, 0) is 42.8 Å². The first kappa shape index (κ1) is 12.8. The summed E-state index contributed by atoms with van der Waals surface area (Å²) in [5, 5.41) is 11.6. The number of pyridine rings is 1. The van der Waals surface area contributed by atoms with Crippen molar-refractivity contribution in [2.45, 2.75) is 13.0 Å². The fourth-order valence-electron chi connectivity index (χ4n) is 1.69. The molecule has 0 aliphatic rings. The van der Waals surface area contributed by atoms with Gasteiger partial charge in [0.05, 0.1) is 17.7 Å². The van der Waals surface area contributed by atoms with Gasteiger partial charge in [-0.2, -0.15) is 5.26 Å². The Morgan fingerprint density at radius 2 is 2.05 bits per heavy atom. The number of nitrogens with one attached hydrogen (secondary N) is 1. The first-order valence-electron chi connectivity index (χ1n) is 5.91. The van der Waals surface area contributed by atoms with Crippen molar-refractivity contribution in [2.24, 2.45) is 0 Å². The maximum atomic E-state index is 12.0. The van der Waals surface area contributed by atoms with Crippen LogP contribution in [0.3, 0.4) is 0 Å². The molecule has 0 aliphatic heterocycles. The third kappa shape index (κ3) is 3.17. The van der Waals surface area contributed by atoms with E-state index < -0.39 is 0 Å². The van der Waals surface area contributed by atoms with Crippen molar-refractivity contribution in [1.82, 2.24) is 10.3 Å². The lowest BCUT2D eigenvalue weighted by atomic mass is 10.1. The fraction of sp³-hybridized carbons (Fsp3) is 0.133. The average molecular weight is 251 g/mol. The molecular formula is C15H13N3O. The van der Waals surface area contributed by atoms with E-state index in [1.807, 2.05) is 25.1 Å². The lowest BCUT2D eigenvalue weighted by Gasteiger charge is -2.13. The molecule has 0 radical (unpaired) electrons. The van der Waals surface area contributed by atoms with E-state index in [-0.39, 0.29) is 11.9 Å². The minimum Gasteiger partial charge on any atom is -0.345 e. The summed E-state index contributed by atoms with van der Waals surface area (Å²) >= 11 is 0. The minimum absolute atomic E-state index is 0.114. The van der Waals surface area contributed by atoms with E-state index in [2.05, 4.69) is 10.3 Å². The fourth-order valence-corrected chi connectivity index (χ4v) is 1.69. The molecular weight excluding hydrogens is 238 g/mol. The molecule has 0 fully saturated rings. The quantitative estimate of drug-likeness (QED) is 0.911. The highest BCUT2D eigenvalue weighted by molar-refractivity contribution is 5.94. The van der Waals surface area contributed by atoms with Gasteiger partial charge in [0.25, 0.3) is 5.91 Å². The molecule has 1 aromatic heterocycles. The van der Waals surface area contributed by atoms with Crippen LogP contribution in [-0.2, 0) is 0 Å². The third-order valence-corrected chi connectivity index (χ3v) is 2.81. The van der Waals surface area contributed by atoms with Crippen LogP contribution in [0.2, 0.25) is 0 Å². The number of nitrogens with zero attached hydrogens (tertiary/aromatic N) is 2. The van der Waals surface area contributed by atoms with Crippen LogP contribution in [0, 0.1) is 11.3 Å². The van der Waals surface area contributed by atoms with Crippen LogP contribution in [0.25, 0.3) is 0 Å². The molecule has 19 heavy (non-hydrogen) atoms. The Morgan fingerprint density at radius 3 is 2.63 bits per heavy atom. The summed E-state index contributed by atoms with van der Waals surface area (Å²) < 4.78 is 0. The van der Waals surface area contributed by atoms with Crippen molar-refractivity contribution in [3.05, 3.63) is 65.5 Å². The third-order valence-electron chi connectivity index (χ3n) is 2.81. The van der Waals surface area contributed by atoms with Crippen molar-refractivity contribution in [3.8, 4) is 6.07 Å². The molecule has 1 N–H and O–H groups in total. The highest BCUT2D eigenvalue weighted by atomic mass is 16.1. The molecule has 4 nitrogen and oxygen atoms in total. The molecule has 94 valence electrons. The molecule has 0 spiro atoms. The summed E-state index contributed by atoms with van der Waals surface area (Å²) in [7, 11) is 0. The number of carbonyl (C=O) groups excluding carboxylic acids is 1. The zero-order valence-electron chi connectivity index (χ0n) is 10.5. The van der Waals surface area contributed by atoms with Gasteiger partial charge < -0.3 is 5.32 Å². The summed E-state index contributed by atoms with van der Waals surface area (Å²) in [6.07, 6.45) is 3.42. The Morgan fingerprint density at radius 1 is 1.32 bits per heavy atom.